The molecule has 2 saturated heterocycles. The van der Waals surface area contributed by atoms with Gasteiger partial charge in [0.15, 0.2) is 0 Å². The lowest BCUT2D eigenvalue weighted by Gasteiger charge is -2.36. The van der Waals surface area contributed by atoms with Gasteiger partial charge >= 0.3 is 0 Å². The lowest BCUT2D eigenvalue weighted by molar-refractivity contribution is -0.137. The van der Waals surface area contributed by atoms with E-state index < -0.39 is 0 Å². The van der Waals surface area contributed by atoms with Crippen molar-refractivity contribution in [1.82, 2.24) is 9.80 Å². The van der Waals surface area contributed by atoms with Crippen molar-refractivity contribution in [2.75, 3.05) is 51.3 Å². The van der Waals surface area contributed by atoms with Crippen molar-refractivity contribution in [3.8, 4) is 5.75 Å². The third-order valence-electron chi connectivity index (χ3n) is 7.46. The van der Waals surface area contributed by atoms with E-state index in [2.05, 4.69) is 21.9 Å². The molecule has 2 fully saturated rings. The normalized spacial score (nSPS) is 16.3. The van der Waals surface area contributed by atoms with Gasteiger partial charge < -0.3 is 9.64 Å². The number of amides is 2. The van der Waals surface area contributed by atoms with Crippen LogP contribution in [-0.4, -0.2) is 68.0 Å². The molecular formula is C32H35N3O3. The Morgan fingerprint density at radius 3 is 1.95 bits per heavy atom. The zero-order valence-corrected chi connectivity index (χ0v) is 22.0. The number of imide groups is 1. The van der Waals surface area contributed by atoms with E-state index in [4.69, 9.17) is 4.74 Å². The molecule has 2 amide bonds. The number of piperazine rings is 1. The fourth-order valence-electron chi connectivity index (χ4n) is 5.45. The summed E-state index contributed by atoms with van der Waals surface area (Å²) in [6.45, 7) is 5.34. The number of carbonyl (C=O) groups excluding carboxylic acids is 2. The number of ether oxygens (including phenoxy) is 1. The predicted molar refractivity (Wildman–Crippen MR) is 151 cm³/mol. The van der Waals surface area contributed by atoms with E-state index >= 15 is 0 Å². The predicted octanol–water partition coefficient (Wildman–Crippen LogP) is 4.86. The number of rotatable bonds is 9. The van der Waals surface area contributed by atoms with Crippen molar-refractivity contribution < 1.29 is 14.3 Å². The molecule has 196 valence electrons. The Balaban J connectivity index is 1.17. The van der Waals surface area contributed by atoms with Crippen molar-refractivity contribution in [2.24, 2.45) is 0 Å². The molecular weight excluding hydrogens is 474 g/mol. The average molecular weight is 510 g/mol. The maximum atomic E-state index is 13.4. The zero-order chi connectivity index (χ0) is 26.3. The van der Waals surface area contributed by atoms with Gasteiger partial charge in [0.2, 0.25) is 5.91 Å². The fourth-order valence-corrected chi connectivity index (χ4v) is 5.45. The van der Waals surface area contributed by atoms with Crippen molar-refractivity contribution in [1.29, 1.82) is 0 Å². The van der Waals surface area contributed by atoms with Crippen LogP contribution in [0.5, 0.6) is 5.75 Å². The van der Waals surface area contributed by atoms with Gasteiger partial charge in [0.05, 0.1) is 19.2 Å². The lowest BCUT2D eigenvalue weighted by atomic mass is 9.92. The molecule has 2 heterocycles. The largest absolute Gasteiger partial charge is 0.495 e. The van der Waals surface area contributed by atoms with Crippen molar-refractivity contribution in [3.63, 3.8) is 0 Å². The van der Waals surface area contributed by atoms with Crippen LogP contribution < -0.4 is 9.64 Å². The molecule has 0 radical (unpaired) electrons. The van der Waals surface area contributed by atoms with E-state index in [0.717, 1.165) is 73.7 Å². The number of carbonyl (C=O) groups is 2. The van der Waals surface area contributed by atoms with Gasteiger partial charge in [-0.3, -0.25) is 19.4 Å². The average Bonchev–Trinajstić information content (AvgIpc) is 3.25. The highest BCUT2D eigenvalue weighted by atomic mass is 16.5. The highest BCUT2D eigenvalue weighted by molar-refractivity contribution is 6.18. The number of nitrogens with zero attached hydrogens (tertiary/aromatic N) is 3. The second-order valence-corrected chi connectivity index (χ2v) is 9.82. The summed E-state index contributed by atoms with van der Waals surface area (Å²) < 4.78 is 5.53. The van der Waals surface area contributed by atoms with Gasteiger partial charge in [0.1, 0.15) is 5.75 Å². The second-order valence-electron chi connectivity index (χ2n) is 9.82. The van der Waals surface area contributed by atoms with Crippen LogP contribution in [0.25, 0.3) is 5.57 Å². The monoisotopic (exact) mass is 509 g/mol. The summed E-state index contributed by atoms with van der Waals surface area (Å²) in [7, 11) is 1.72. The van der Waals surface area contributed by atoms with Gasteiger partial charge in [-0.25, -0.2) is 0 Å². The minimum absolute atomic E-state index is 0.0974. The zero-order valence-electron chi connectivity index (χ0n) is 22.0. The summed E-state index contributed by atoms with van der Waals surface area (Å²) in [5.41, 5.74) is 4.53. The summed E-state index contributed by atoms with van der Waals surface area (Å²) in [6, 6.07) is 28.0. The highest BCUT2D eigenvalue weighted by Crippen LogP contribution is 2.33. The van der Waals surface area contributed by atoms with E-state index in [1.165, 1.54) is 4.90 Å². The van der Waals surface area contributed by atoms with Crippen LogP contribution in [0.3, 0.4) is 0 Å². The van der Waals surface area contributed by atoms with Crippen LogP contribution in [-0.2, 0) is 9.59 Å². The van der Waals surface area contributed by atoms with Gasteiger partial charge in [0.25, 0.3) is 5.91 Å². The van der Waals surface area contributed by atoms with E-state index in [9.17, 15) is 9.59 Å². The summed E-state index contributed by atoms with van der Waals surface area (Å²) >= 11 is 0. The molecule has 0 aromatic heterocycles. The molecule has 38 heavy (non-hydrogen) atoms. The highest BCUT2D eigenvalue weighted by Gasteiger charge is 2.36. The van der Waals surface area contributed by atoms with Crippen LogP contribution in [0.1, 0.15) is 30.4 Å². The van der Waals surface area contributed by atoms with Crippen LogP contribution in [0.15, 0.2) is 90.5 Å². The summed E-state index contributed by atoms with van der Waals surface area (Å²) in [5, 5.41) is 0. The van der Waals surface area contributed by atoms with E-state index in [0.29, 0.717) is 12.1 Å². The van der Waals surface area contributed by atoms with Crippen LogP contribution in [0.2, 0.25) is 0 Å². The molecule has 0 spiro atoms. The minimum atomic E-state index is -0.150. The number of hydrogen-bond donors (Lipinski definition) is 0. The Morgan fingerprint density at radius 2 is 1.32 bits per heavy atom. The van der Waals surface area contributed by atoms with Gasteiger partial charge in [-0.2, -0.15) is 0 Å². The Morgan fingerprint density at radius 1 is 0.737 bits per heavy atom. The molecule has 3 aromatic rings. The molecule has 2 aliphatic heterocycles. The molecule has 6 heteroatoms. The number of methoxy groups -OCH3 is 1. The summed E-state index contributed by atoms with van der Waals surface area (Å²) in [4.78, 5) is 32.7. The first-order chi connectivity index (χ1) is 18.7. The number of anilines is 1. The number of unbranched alkanes of at least 4 members (excludes halogenated alkanes) is 1. The second kappa shape index (κ2) is 12.1. The number of benzene rings is 3. The summed E-state index contributed by atoms with van der Waals surface area (Å²) in [6.07, 6.45) is 1.92. The van der Waals surface area contributed by atoms with Gasteiger partial charge in [-0.05, 0) is 48.2 Å². The van der Waals surface area contributed by atoms with Crippen LogP contribution in [0.4, 0.5) is 5.69 Å². The maximum absolute atomic E-state index is 13.4. The van der Waals surface area contributed by atoms with E-state index in [1.807, 2.05) is 72.8 Å². The molecule has 0 unspecified atom stereocenters. The van der Waals surface area contributed by atoms with Gasteiger partial charge in [0, 0.05) is 38.3 Å². The smallest absolute Gasteiger partial charge is 0.257 e. The van der Waals surface area contributed by atoms with Crippen molar-refractivity contribution in [2.45, 2.75) is 19.3 Å². The molecule has 0 N–H and O–H groups in total. The summed E-state index contributed by atoms with van der Waals surface area (Å²) in [5.74, 6) is 0.667. The molecule has 5 rings (SSSR count). The van der Waals surface area contributed by atoms with E-state index in [-0.39, 0.29) is 18.2 Å². The first-order valence-corrected chi connectivity index (χ1v) is 13.4. The Kier molecular flexibility index (Phi) is 8.19. The van der Waals surface area contributed by atoms with Gasteiger partial charge in [-0.15, -0.1) is 0 Å². The Hall–Kier alpha value is -3.90. The minimum Gasteiger partial charge on any atom is -0.495 e. The van der Waals surface area contributed by atoms with Crippen molar-refractivity contribution in [3.05, 3.63) is 102 Å². The third kappa shape index (κ3) is 5.65. The molecule has 6 nitrogen and oxygen atoms in total. The molecule has 0 atom stereocenters. The van der Waals surface area contributed by atoms with Crippen molar-refractivity contribution >= 4 is 23.1 Å². The number of hydrogen-bond acceptors (Lipinski definition) is 5. The van der Waals surface area contributed by atoms with E-state index in [1.54, 1.807) is 7.11 Å². The molecule has 0 saturated carbocycles. The third-order valence-corrected chi connectivity index (χ3v) is 7.46. The number of likely N-dealkylation sites (tertiary alicyclic amines) is 1. The number of para-hydroxylation sites is 2. The first-order valence-electron chi connectivity index (χ1n) is 13.4. The van der Waals surface area contributed by atoms with Gasteiger partial charge in [-0.1, -0.05) is 72.8 Å². The maximum Gasteiger partial charge on any atom is 0.257 e. The topological polar surface area (TPSA) is 53.1 Å². The SMILES string of the molecule is COc1ccccc1N1CCN(CCCCN2C(=O)CC(=C(c3ccccc3)c3ccccc3)C2=O)CC1. The first kappa shape index (κ1) is 25.7. The fraction of sp³-hybridized carbons (Fsp3) is 0.312. The molecule has 0 bridgehead atoms. The van der Waals surface area contributed by atoms with Crippen LogP contribution >= 0.6 is 0 Å². The molecule has 3 aromatic carbocycles. The Labute approximate surface area is 225 Å². The molecule has 2 aliphatic rings. The lowest BCUT2D eigenvalue weighted by Crippen LogP contribution is -2.46. The molecule has 0 aliphatic carbocycles. The van der Waals surface area contributed by atoms with Crippen LogP contribution in [0, 0.1) is 0 Å². The Bertz CT molecular complexity index is 1240. The standard InChI is InChI=1S/C32H35N3O3/c1-38-29-17-9-8-16-28(29)34-22-20-33(21-23-34)18-10-11-19-35-30(36)24-27(32(35)37)31(25-12-4-2-5-13-25)26-14-6-3-7-15-26/h2-9,12-17H,10-11,18-24H2,1H3. The quantitative estimate of drug-likeness (QED) is 0.234.